The van der Waals surface area contributed by atoms with Gasteiger partial charge in [0.1, 0.15) is 17.1 Å². The lowest BCUT2D eigenvalue weighted by Crippen LogP contribution is -2.08. The van der Waals surface area contributed by atoms with Gasteiger partial charge in [0, 0.05) is 18.1 Å². The normalized spacial score (nSPS) is 12.0. The third-order valence-corrected chi connectivity index (χ3v) is 5.39. The minimum Gasteiger partial charge on any atom is -0.506 e. The summed E-state index contributed by atoms with van der Waals surface area (Å²) in [6.45, 7) is 0. The van der Waals surface area contributed by atoms with Gasteiger partial charge in [-0.15, -0.1) is 0 Å². The molecule has 1 atom stereocenters. The second-order valence-electron chi connectivity index (χ2n) is 6.80. The second kappa shape index (κ2) is 9.01. The first-order valence-corrected chi connectivity index (χ1v) is 9.65. The van der Waals surface area contributed by atoms with Crippen molar-refractivity contribution in [1.82, 2.24) is 0 Å². The first kappa shape index (κ1) is 23.3. The van der Waals surface area contributed by atoms with Gasteiger partial charge in [-0.3, -0.25) is 10.1 Å². The van der Waals surface area contributed by atoms with Crippen molar-refractivity contribution in [1.29, 1.82) is 0 Å². The average Bonchev–Trinajstić information content (AvgIpc) is 2.72. The first-order chi connectivity index (χ1) is 15.0. The molecule has 0 heterocycles. The third kappa shape index (κ3) is 4.46. The van der Waals surface area contributed by atoms with Crippen molar-refractivity contribution < 1.29 is 35.3 Å². The molecule has 0 aliphatic heterocycles. The van der Waals surface area contributed by atoms with Crippen LogP contribution >= 0.6 is 23.2 Å². The van der Waals surface area contributed by atoms with Crippen molar-refractivity contribution in [3.05, 3.63) is 96.5 Å². The molecule has 3 aromatic carbocycles. The molecule has 0 aromatic heterocycles. The number of aromatic hydroxyl groups is 2. The van der Waals surface area contributed by atoms with Gasteiger partial charge in [0.05, 0.1) is 20.5 Å². The fourth-order valence-corrected chi connectivity index (χ4v) is 3.78. The topological polar surface area (TPSA) is 161 Å². The predicted molar refractivity (Wildman–Crippen MR) is 114 cm³/mol. The van der Waals surface area contributed by atoms with Gasteiger partial charge in [-0.05, 0) is 41.0 Å². The number of non-ortho nitro benzene ring substituents is 1. The average molecular weight is 480 g/mol. The molecule has 0 spiro atoms. The molecule has 3 aromatic rings. The number of aliphatic hydroxyl groups is 2. The molecule has 0 saturated carbocycles. The zero-order valence-corrected chi connectivity index (χ0v) is 17.4. The monoisotopic (exact) mass is 479 g/mol. The van der Waals surface area contributed by atoms with Gasteiger partial charge in [0.15, 0.2) is 6.29 Å². The number of nitro benzene ring substituents is 1. The van der Waals surface area contributed by atoms with Crippen LogP contribution in [0.4, 0.5) is 5.69 Å². The number of carboxylic acid groups (broad SMARTS) is 1. The predicted octanol–water partition coefficient (Wildman–Crippen LogP) is 4.17. The number of hydrogen-bond donors (Lipinski definition) is 5. The summed E-state index contributed by atoms with van der Waals surface area (Å²) in [4.78, 5) is 22.0. The standard InChI is InChI=1S/C21H15Cl2NO8/c22-15-7-10(5-13(18(15)25)20(27)28)17(9-1-3-12(4-2-9)24(31)32)11-6-14(21(29)30)19(26)16(23)8-11/h1-8,17,20,25-28H,(H,29,30). The molecule has 5 N–H and O–H groups in total. The number of phenols is 2. The Bertz CT molecular complexity index is 1210. The lowest BCUT2D eigenvalue weighted by Gasteiger charge is -2.22. The molecule has 1 unspecified atom stereocenters. The van der Waals surface area contributed by atoms with Crippen molar-refractivity contribution in [2.24, 2.45) is 0 Å². The van der Waals surface area contributed by atoms with Gasteiger partial charge < -0.3 is 25.5 Å². The Morgan fingerprint density at radius 3 is 1.91 bits per heavy atom. The lowest BCUT2D eigenvalue weighted by atomic mass is 9.83. The molecule has 3 rings (SSSR count). The van der Waals surface area contributed by atoms with Gasteiger partial charge in [0.25, 0.3) is 5.69 Å². The van der Waals surface area contributed by atoms with Crippen LogP contribution in [-0.4, -0.2) is 36.4 Å². The van der Waals surface area contributed by atoms with E-state index in [-0.39, 0.29) is 26.9 Å². The van der Waals surface area contributed by atoms with E-state index in [4.69, 9.17) is 23.2 Å². The highest BCUT2D eigenvalue weighted by molar-refractivity contribution is 6.33. The summed E-state index contributed by atoms with van der Waals surface area (Å²) >= 11 is 12.1. The van der Waals surface area contributed by atoms with E-state index in [0.717, 1.165) is 0 Å². The summed E-state index contributed by atoms with van der Waals surface area (Å²) in [5.74, 6) is -3.49. The lowest BCUT2D eigenvalue weighted by molar-refractivity contribution is -0.384. The Morgan fingerprint density at radius 1 is 0.875 bits per heavy atom. The van der Waals surface area contributed by atoms with Crippen LogP contribution in [0, 0.1) is 10.1 Å². The van der Waals surface area contributed by atoms with E-state index in [2.05, 4.69) is 0 Å². The molecule has 11 heteroatoms. The SMILES string of the molecule is O=C(O)c1cc(C(c2ccc([N+](=O)[O-])cc2)c2cc(Cl)c(O)c(C(O)O)c2)cc(Cl)c1O. The van der Waals surface area contributed by atoms with Gasteiger partial charge in [-0.25, -0.2) is 4.79 Å². The number of aromatic carboxylic acids is 1. The summed E-state index contributed by atoms with van der Waals surface area (Å²) in [6, 6.07) is 10.4. The van der Waals surface area contributed by atoms with E-state index >= 15 is 0 Å². The molecule has 32 heavy (non-hydrogen) atoms. The maximum Gasteiger partial charge on any atom is 0.339 e. The number of carboxylic acids is 1. The quantitative estimate of drug-likeness (QED) is 0.152. The van der Waals surface area contributed by atoms with Crippen LogP contribution in [0.1, 0.15) is 44.8 Å². The van der Waals surface area contributed by atoms with Crippen LogP contribution in [0.15, 0.2) is 48.5 Å². The Hall–Kier alpha value is -3.37. The molecule has 0 radical (unpaired) electrons. The van der Waals surface area contributed by atoms with E-state index in [1.165, 1.54) is 48.5 Å². The smallest absolute Gasteiger partial charge is 0.339 e. The van der Waals surface area contributed by atoms with Crippen LogP contribution in [0.5, 0.6) is 11.5 Å². The number of hydrogen-bond acceptors (Lipinski definition) is 7. The third-order valence-electron chi connectivity index (χ3n) is 4.81. The molecule has 0 aliphatic rings. The first-order valence-electron chi connectivity index (χ1n) is 8.89. The number of aliphatic hydroxyl groups excluding tert-OH is 1. The van der Waals surface area contributed by atoms with Crippen molar-refractivity contribution >= 4 is 34.9 Å². The van der Waals surface area contributed by atoms with Crippen molar-refractivity contribution in [3.63, 3.8) is 0 Å². The Balaban J connectivity index is 2.31. The number of benzene rings is 3. The van der Waals surface area contributed by atoms with Crippen molar-refractivity contribution in [2.75, 3.05) is 0 Å². The zero-order valence-electron chi connectivity index (χ0n) is 15.9. The van der Waals surface area contributed by atoms with Gasteiger partial charge in [-0.1, -0.05) is 35.3 Å². The van der Waals surface area contributed by atoms with E-state index in [1.807, 2.05) is 0 Å². The highest BCUT2D eigenvalue weighted by atomic mass is 35.5. The summed E-state index contributed by atoms with van der Waals surface area (Å²) < 4.78 is 0. The van der Waals surface area contributed by atoms with Crippen molar-refractivity contribution in [2.45, 2.75) is 12.2 Å². The number of nitrogens with zero attached hydrogens (tertiary/aromatic N) is 1. The summed E-state index contributed by atoms with van der Waals surface area (Å²) in [5.41, 5.74) is 0.0305. The number of carbonyl (C=O) groups is 1. The number of halogens is 2. The van der Waals surface area contributed by atoms with Crippen molar-refractivity contribution in [3.8, 4) is 11.5 Å². The molecule has 166 valence electrons. The van der Waals surface area contributed by atoms with Crippen LogP contribution in [-0.2, 0) is 0 Å². The van der Waals surface area contributed by atoms with Crippen LogP contribution in [0.25, 0.3) is 0 Å². The van der Waals surface area contributed by atoms with Gasteiger partial charge in [0.2, 0.25) is 0 Å². The highest BCUT2D eigenvalue weighted by Gasteiger charge is 2.25. The van der Waals surface area contributed by atoms with Crippen LogP contribution < -0.4 is 0 Å². The van der Waals surface area contributed by atoms with E-state index in [9.17, 15) is 40.4 Å². The van der Waals surface area contributed by atoms with E-state index in [1.54, 1.807) is 0 Å². The largest absolute Gasteiger partial charge is 0.506 e. The maximum atomic E-state index is 11.6. The molecule has 0 amide bonds. The van der Waals surface area contributed by atoms with Gasteiger partial charge >= 0.3 is 5.97 Å². The molecule has 0 saturated heterocycles. The molecular weight excluding hydrogens is 465 g/mol. The molecular formula is C21H15Cl2NO8. The highest BCUT2D eigenvalue weighted by Crippen LogP contribution is 2.42. The Labute approximate surface area is 190 Å². The van der Waals surface area contributed by atoms with Gasteiger partial charge in [-0.2, -0.15) is 0 Å². The number of rotatable bonds is 6. The summed E-state index contributed by atoms with van der Waals surface area (Å²) in [5, 5.41) is 59.2. The molecule has 0 bridgehead atoms. The van der Waals surface area contributed by atoms with E-state index in [0.29, 0.717) is 11.1 Å². The summed E-state index contributed by atoms with van der Waals surface area (Å²) in [7, 11) is 0. The molecule has 0 fully saturated rings. The minimum atomic E-state index is -2.07. The Morgan fingerprint density at radius 2 is 1.41 bits per heavy atom. The fraction of sp³-hybridized carbons (Fsp3) is 0.0952. The maximum absolute atomic E-state index is 11.6. The second-order valence-corrected chi connectivity index (χ2v) is 7.61. The fourth-order valence-electron chi connectivity index (χ4n) is 3.32. The van der Waals surface area contributed by atoms with Crippen LogP contribution in [0.3, 0.4) is 0 Å². The minimum absolute atomic E-state index is 0.183. The molecule has 9 nitrogen and oxygen atoms in total. The van der Waals surface area contributed by atoms with E-state index < -0.39 is 40.2 Å². The Kier molecular flexibility index (Phi) is 6.56. The number of nitro groups is 1. The summed E-state index contributed by atoms with van der Waals surface area (Å²) in [6.07, 6.45) is -2.07. The zero-order chi connectivity index (χ0) is 23.7. The molecule has 0 aliphatic carbocycles. The van der Waals surface area contributed by atoms with Crippen LogP contribution in [0.2, 0.25) is 10.0 Å². The number of phenolic OH excluding ortho intramolecular Hbond substituents is 1.